The Bertz CT molecular complexity index is 1750. The van der Waals surface area contributed by atoms with Crippen molar-refractivity contribution in [1.29, 1.82) is 5.26 Å². The number of nitrogens with zero attached hydrogens (tertiary/aromatic N) is 9. The highest BCUT2D eigenvalue weighted by Crippen LogP contribution is 2.39. The van der Waals surface area contributed by atoms with E-state index in [0.29, 0.717) is 45.1 Å². The molecule has 11 nitrogen and oxygen atoms in total. The van der Waals surface area contributed by atoms with E-state index in [1.54, 1.807) is 12.5 Å². The van der Waals surface area contributed by atoms with E-state index in [0.717, 1.165) is 47.8 Å². The first-order valence-corrected chi connectivity index (χ1v) is 19.7. The third-order valence-electron chi connectivity index (χ3n) is 9.06. The van der Waals surface area contributed by atoms with Crippen molar-refractivity contribution in [3.05, 3.63) is 48.6 Å². The number of aromatic nitrogens is 7. The van der Waals surface area contributed by atoms with E-state index in [1.807, 2.05) is 27.7 Å². The van der Waals surface area contributed by atoms with Crippen LogP contribution in [0.4, 0.5) is 13.2 Å². The van der Waals surface area contributed by atoms with E-state index < -0.39 is 25.6 Å². The first kappa shape index (κ1) is 33.0. The van der Waals surface area contributed by atoms with Crippen LogP contribution in [-0.4, -0.2) is 79.1 Å². The predicted molar refractivity (Wildman–Crippen MR) is 171 cm³/mol. The van der Waals surface area contributed by atoms with E-state index in [9.17, 15) is 18.4 Å². The highest BCUT2D eigenvalue weighted by Gasteiger charge is 2.48. The van der Waals surface area contributed by atoms with Crippen LogP contribution in [0.3, 0.4) is 0 Å². The summed E-state index contributed by atoms with van der Waals surface area (Å²) in [5.41, 5.74) is 2.21. The lowest BCUT2D eigenvalue weighted by Crippen LogP contribution is -2.65. The minimum absolute atomic E-state index is 0.0388. The Balaban J connectivity index is 1.08. The molecule has 0 spiro atoms. The van der Waals surface area contributed by atoms with Gasteiger partial charge in [0.1, 0.15) is 30.3 Å². The van der Waals surface area contributed by atoms with Gasteiger partial charge in [0, 0.05) is 68.9 Å². The van der Waals surface area contributed by atoms with Gasteiger partial charge in [0.15, 0.2) is 0 Å². The summed E-state index contributed by atoms with van der Waals surface area (Å²) in [5.74, 6) is -1.22. The molecule has 0 N–H and O–H groups in total. The predicted octanol–water partition coefficient (Wildman–Crippen LogP) is 6.04. The molecule has 250 valence electrons. The van der Waals surface area contributed by atoms with Gasteiger partial charge in [0.25, 0.3) is 0 Å². The highest BCUT2D eigenvalue weighted by atomic mass is 28.3. The van der Waals surface area contributed by atoms with E-state index in [-0.39, 0.29) is 17.7 Å². The molecule has 0 radical (unpaired) electrons. The number of rotatable bonds is 11. The number of alkyl halides is 3. The molecule has 5 heterocycles. The van der Waals surface area contributed by atoms with Crippen LogP contribution >= 0.6 is 0 Å². The van der Waals surface area contributed by atoms with Crippen molar-refractivity contribution in [2.45, 2.75) is 95.3 Å². The summed E-state index contributed by atoms with van der Waals surface area (Å²) < 4.78 is 55.2. The van der Waals surface area contributed by atoms with Gasteiger partial charge < -0.3 is 14.0 Å². The Morgan fingerprint density at radius 1 is 1.11 bits per heavy atom. The van der Waals surface area contributed by atoms with Crippen molar-refractivity contribution in [2.24, 2.45) is 0 Å². The maximum Gasteiger partial charge on any atom is 0.451 e. The first-order chi connectivity index (χ1) is 22.3. The van der Waals surface area contributed by atoms with Gasteiger partial charge >= 0.3 is 6.18 Å². The van der Waals surface area contributed by atoms with E-state index >= 15 is 0 Å². The van der Waals surface area contributed by atoms with Gasteiger partial charge in [0.05, 0.1) is 24.4 Å². The summed E-state index contributed by atoms with van der Waals surface area (Å²) in [7, 11) is -1.17. The summed E-state index contributed by atoms with van der Waals surface area (Å²) in [5, 5.41) is 15.4. The normalized spacial score (nSPS) is 20.2. The maximum absolute atomic E-state index is 13.2. The van der Waals surface area contributed by atoms with Gasteiger partial charge in [-0.25, -0.2) is 15.0 Å². The monoisotopic (exact) mass is 667 g/mol. The maximum atomic E-state index is 13.2. The second-order valence-electron chi connectivity index (χ2n) is 13.9. The molecule has 0 atom stereocenters. The quantitative estimate of drug-likeness (QED) is 0.139. The standard InChI is InChI=1S/C32H40F3N9O2Si/c1-22-15-27(41-30(40-22)32(33,34)35)46-25-7-5-24(6-8-25)43-18-31(19-43,10-11-36)44-17-23(16-39-44)28-26-9-12-42(29(26)38-20-37-28)21-45-13-14-47(2,3)4/h9,12,15-17,20,24-25H,5-8,10,13-14,18-19,21H2,1-4H3. The second-order valence-corrected chi connectivity index (χ2v) is 19.6. The Kier molecular flexibility index (Phi) is 9.12. The molecule has 15 heteroatoms. The molecule has 0 aromatic carbocycles. The zero-order valence-electron chi connectivity index (χ0n) is 27.2. The molecule has 2 fully saturated rings. The SMILES string of the molecule is Cc1cc(OC2CCC(N3CC(CC#N)(n4cc(-c5ncnc6c5ccn6COCC[Si](C)(C)C)cn4)C3)CC2)nc(C(F)(F)F)n1. The summed E-state index contributed by atoms with van der Waals surface area (Å²) in [6.45, 7) is 11.0. The molecule has 2 aliphatic rings. The van der Waals surface area contributed by atoms with E-state index in [4.69, 9.17) is 14.6 Å². The van der Waals surface area contributed by atoms with Crippen LogP contribution in [0.25, 0.3) is 22.3 Å². The van der Waals surface area contributed by atoms with Crippen molar-refractivity contribution < 1.29 is 22.6 Å². The molecular formula is C32H40F3N9O2Si. The molecule has 0 unspecified atom stereocenters. The minimum atomic E-state index is -4.63. The van der Waals surface area contributed by atoms with Crippen LogP contribution in [0.5, 0.6) is 5.88 Å². The highest BCUT2D eigenvalue weighted by molar-refractivity contribution is 6.76. The lowest BCUT2D eigenvalue weighted by molar-refractivity contribution is -0.145. The number of halogens is 3. The summed E-state index contributed by atoms with van der Waals surface area (Å²) >= 11 is 0. The largest absolute Gasteiger partial charge is 0.474 e. The van der Waals surface area contributed by atoms with Crippen molar-refractivity contribution in [2.75, 3.05) is 19.7 Å². The van der Waals surface area contributed by atoms with E-state index in [2.05, 4.69) is 50.5 Å². The van der Waals surface area contributed by atoms with Gasteiger partial charge in [-0.3, -0.25) is 9.58 Å². The zero-order chi connectivity index (χ0) is 33.4. The molecule has 47 heavy (non-hydrogen) atoms. The van der Waals surface area contributed by atoms with Crippen LogP contribution in [0.15, 0.2) is 37.1 Å². The van der Waals surface area contributed by atoms with Crippen molar-refractivity contribution in [3.8, 4) is 23.2 Å². The topological polar surface area (TPSA) is 120 Å². The van der Waals surface area contributed by atoms with Crippen molar-refractivity contribution in [1.82, 2.24) is 39.2 Å². The first-order valence-electron chi connectivity index (χ1n) is 16.0. The van der Waals surface area contributed by atoms with Crippen molar-refractivity contribution in [3.63, 3.8) is 0 Å². The van der Waals surface area contributed by atoms with Gasteiger partial charge in [-0.1, -0.05) is 19.6 Å². The fourth-order valence-corrected chi connectivity index (χ4v) is 7.22. The number of fused-ring (bicyclic) bond motifs is 1. The molecule has 4 aromatic heterocycles. The molecule has 6 rings (SSSR count). The number of nitriles is 1. The summed E-state index contributed by atoms with van der Waals surface area (Å²) in [4.78, 5) is 18.6. The van der Waals surface area contributed by atoms with Crippen LogP contribution in [0, 0.1) is 18.3 Å². The van der Waals surface area contributed by atoms with Crippen LogP contribution in [-0.2, 0) is 23.2 Å². The summed E-state index contributed by atoms with van der Waals surface area (Å²) in [6, 6.07) is 7.20. The smallest absolute Gasteiger partial charge is 0.451 e. The van der Waals surface area contributed by atoms with Crippen LogP contribution in [0.1, 0.15) is 43.6 Å². The minimum Gasteiger partial charge on any atom is -0.474 e. The molecule has 1 saturated heterocycles. The fraction of sp³-hybridized carbons (Fsp3) is 0.562. The third kappa shape index (κ3) is 7.34. The third-order valence-corrected chi connectivity index (χ3v) is 10.8. The fourth-order valence-electron chi connectivity index (χ4n) is 6.46. The molecule has 1 aliphatic heterocycles. The Morgan fingerprint density at radius 2 is 1.87 bits per heavy atom. The van der Waals surface area contributed by atoms with Gasteiger partial charge in [-0.05, 0) is 44.7 Å². The van der Waals surface area contributed by atoms with E-state index in [1.165, 1.54) is 13.0 Å². The number of hydrogen-bond donors (Lipinski definition) is 0. The number of ether oxygens (including phenoxy) is 2. The molecular weight excluding hydrogens is 627 g/mol. The molecule has 1 aliphatic carbocycles. The van der Waals surface area contributed by atoms with Gasteiger partial charge in [-0.2, -0.15) is 28.5 Å². The molecule has 0 amide bonds. The Hall–Kier alpha value is -3.87. The van der Waals surface area contributed by atoms with Gasteiger partial charge in [0.2, 0.25) is 11.7 Å². The Labute approximate surface area is 272 Å². The van der Waals surface area contributed by atoms with Gasteiger partial charge in [-0.15, -0.1) is 0 Å². The number of likely N-dealkylation sites (tertiary alicyclic amines) is 1. The lowest BCUT2D eigenvalue weighted by Gasteiger charge is -2.53. The molecule has 1 saturated carbocycles. The zero-order valence-corrected chi connectivity index (χ0v) is 28.2. The number of aryl methyl sites for hydroxylation is 1. The average molecular weight is 668 g/mol. The van der Waals surface area contributed by atoms with Crippen LogP contribution in [0.2, 0.25) is 25.7 Å². The second kappa shape index (κ2) is 13.0. The molecule has 0 bridgehead atoms. The summed E-state index contributed by atoms with van der Waals surface area (Å²) in [6.07, 6.45) is 5.87. The molecule has 4 aromatic rings. The van der Waals surface area contributed by atoms with Crippen LogP contribution < -0.4 is 4.74 Å². The Morgan fingerprint density at radius 3 is 2.57 bits per heavy atom. The van der Waals surface area contributed by atoms with Crippen molar-refractivity contribution >= 4 is 19.1 Å². The lowest BCUT2D eigenvalue weighted by atomic mass is 9.82. The number of hydrogen-bond acceptors (Lipinski definition) is 9. The average Bonchev–Trinajstić information content (AvgIpc) is 3.64.